The van der Waals surface area contributed by atoms with Gasteiger partial charge in [0, 0.05) is 17.1 Å². The minimum Gasteiger partial charge on any atom is -0.386 e. The molecule has 6 nitrogen and oxygen atoms in total. The number of hydrogen-bond donors (Lipinski definition) is 2. The normalized spacial score (nSPS) is 19.4. The Hall–Kier alpha value is -3.20. The molecule has 1 fully saturated rings. The quantitative estimate of drug-likeness (QED) is 0.348. The molecular formula is C26H28F3N5O. The van der Waals surface area contributed by atoms with Gasteiger partial charge in [-0.05, 0) is 75.3 Å². The molecule has 0 unspecified atom stereocenters. The third-order valence-electron chi connectivity index (χ3n) is 6.83. The van der Waals surface area contributed by atoms with Crippen molar-refractivity contribution >= 4 is 10.9 Å². The lowest BCUT2D eigenvalue weighted by atomic mass is 9.87. The molecule has 1 aromatic carbocycles. The van der Waals surface area contributed by atoms with Crippen molar-refractivity contribution in [1.29, 1.82) is 0 Å². The number of aliphatic hydroxyl groups is 1. The van der Waals surface area contributed by atoms with Crippen LogP contribution in [0, 0.1) is 5.92 Å². The lowest BCUT2D eigenvalue weighted by Crippen LogP contribution is -2.17. The van der Waals surface area contributed by atoms with Crippen LogP contribution in [0.15, 0.2) is 42.7 Å². The molecule has 1 aliphatic carbocycles. The van der Waals surface area contributed by atoms with Gasteiger partial charge in [0.2, 0.25) is 0 Å². The Kier molecular flexibility index (Phi) is 5.70. The molecule has 35 heavy (non-hydrogen) atoms. The fourth-order valence-electron chi connectivity index (χ4n) is 4.82. The summed E-state index contributed by atoms with van der Waals surface area (Å²) in [5.74, 6) is 1.18. The zero-order valence-corrected chi connectivity index (χ0v) is 19.9. The third-order valence-corrected chi connectivity index (χ3v) is 6.83. The van der Waals surface area contributed by atoms with Gasteiger partial charge in [-0.1, -0.05) is 13.0 Å². The summed E-state index contributed by atoms with van der Waals surface area (Å²) >= 11 is 0. The van der Waals surface area contributed by atoms with Crippen LogP contribution in [0.5, 0.6) is 0 Å². The highest BCUT2D eigenvalue weighted by Gasteiger charge is 2.32. The first kappa shape index (κ1) is 23.5. The van der Waals surface area contributed by atoms with E-state index in [1.54, 1.807) is 13.8 Å². The molecule has 0 bridgehead atoms. The molecule has 184 valence electrons. The van der Waals surface area contributed by atoms with Gasteiger partial charge in [-0.3, -0.25) is 4.68 Å². The predicted molar refractivity (Wildman–Crippen MR) is 127 cm³/mol. The van der Waals surface area contributed by atoms with E-state index in [0.29, 0.717) is 28.7 Å². The summed E-state index contributed by atoms with van der Waals surface area (Å²) in [6.07, 6.45) is 3.50. The monoisotopic (exact) mass is 483 g/mol. The van der Waals surface area contributed by atoms with Crippen LogP contribution in [0.3, 0.4) is 0 Å². The number of fused-ring (bicyclic) bond motifs is 1. The van der Waals surface area contributed by atoms with E-state index < -0.39 is 17.5 Å². The first-order chi connectivity index (χ1) is 16.5. The number of alkyl halides is 3. The maximum Gasteiger partial charge on any atom is 0.433 e. The van der Waals surface area contributed by atoms with Crippen LogP contribution in [0.4, 0.5) is 13.2 Å². The largest absolute Gasteiger partial charge is 0.433 e. The molecule has 1 aliphatic rings. The molecule has 3 heterocycles. The van der Waals surface area contributed by atoms with Gasteiger partial charge in [0.15, 0.2) is 0 Å². The summed E-state index contributed by atoms with van der Waals surface area (Å²) in [5, 5.41) is 16.6. The summed E-state index contributed by atoms with van der Waals surface area (Å²) in [6, 6.07) is 7.92. The number of hydrogen-bond acceptors (Lipinski definition) is 4. The molecule has 0 radical (unpaired) electrons. The van der Waals surface area contributed by atoms with Crippen molar-refractivity contribution in [3.05, 3.63) is 54.0 Å². The maximum atomic E-state index is 13.1. The highest BCUT2D eigenvalue weighted by Crippen LogP contribution is 2.37. The zero-order chi connectivity index (χ0) is 25.0. The number of aromatic amines is 1. The third kappa shape index (κ3) is 4.69. The standard InChI is InChI=1S/C26H28F3N5O/c1-15-7-9-17(10-8-15)34-14-16-11-18(19(25(2,3)35)12-21(16)33-34)24-30-13-22(32-24)20-5-4-6-23(31-20)26(27,28)29/h4-6,11-15,17,35H,7-10H2,1-3H3,(H,30,32). The van der Waals surface area contributed by atoms with E-state index in [1.807, 2.05) is 23.0 Å². The number of benzene rings is 1. The van der Waals surface area contributed by atoms with Crippen LogP contribution < -0.4 is 0 Å². The second-order valence-electron chi connectivity index (χ2n) is 10.1. The molecule has 0 aliphatic heterocycles. The molecule has 4 aromatic rings. The molecule has 3 aromatic heterocycles. The maximum absolute atomic E-state index is 13.1. The topological polar surface area (TPSA) is 79.6 Å². The van der Waals surface area contributed by atoms with Crippen molar-refractivity contribution in [3.8, 4) is 22.8 Å². The Balaban J connectivity index is 1.55. The Morgan fingerprint density at radius 2 is 1.83 bits per heavy atom. The number of pyridine rings is 1. The number of halogens is 3. The molecule has 0 spiro atoms. The van der Waals surface area contributed by atoms with Crippen molar-refractivity contribution in [1.82, 2.24) is 24.7 Å². The smallest absolute Gasteiger partial charge is 0.386 e. The number of H-pyrrole nitrogens is 1. The fraction of sp³-hybridized carbons (Fsp3) is 0.423. The van der Waals surface area contributed by atoms with Gasteiger partial charge in [-0.2, -0.15) is 18.3 Å². The van der Waals surface area contributed by atoms with E-state index in [2.05, 4.69) is 21.9 Å². The van der Waals surface area contributed by atoms with Crippen molar-refractivity contribution in [2.45, 2.75) is 64.3 Å². The Labute approximate surface area is 201 Å². The van der Waals surface area contributed by atoms with E-state index in [-0.39, 0.29) is 5.69 Å². The van der Waals surface area contributed by atoms with Crippen LogP contribution in [-0.4, -0.2) is 29.8 Å². The summed E-state index contributed by atoms with van der Waals surface area (Å²) in [7, 11) is 0. The van der Waals surface area contributed by atoms with E-state index in [1.165, 1.54) is 31.2 Å². The minimum absolute atomic E-state index is 0.142. The number of imidazole rings is 1. The Morgan fingerprint density at radius 3 is 2.51 bits per heavy atom. The lowest BCUT2D eigenvalue weighted by Gasteiger charge is -2.26. The number of rotatable bonds is 4. The summed E-state index contributed by atoms with van der Waals surface area (Å²) in [4.78, 5) is 11.3. The highest BCUT2D eigenvalue weighted by molar-refractivity contribution is 5.86. The first-order valence-corrected chi connectivity index (χ1v) is 11.8. The van der Waals surface area contributed by atoms with Crippen LogP contribution in [0.2, 0.25) is 0 Å². The average Bonchev–Trinajstić information content (AvgIpc) is 3.45. The van der Waals surface area contributed by atoms with Gasteiger partial charge in [0.05, 0.1) is 34.7 Å². The van der Waals surface area contributed by atoms with Crippen molar-refractivity contribution in [2.24, 2.45) is 5.92 Å². The van der Waals surface area contributed by atoms with Gasteiger partial charge in [0.25, 0.3) is 0 Å². The molecule has 0 saturated heterocycles. The second kappa shape index (κ2) is 8.48. The number of nitrogens with zero attached hydrogens (tertiary/aromatic N) is 4. The molecule has 5 rings (SSSR count). The summed E-state index contributed by atoms with van der Waals surface area (Å²) in [5.41, 5.74) is 0.439. The zero-order valence-electron chi connectivity index (χ0n) is 19.9. The second-order valence-corrected chi connectivity index (χ2v) is 10.1. The predicted octanol–water partition coefficient (Wildman–Crippen LogP) is 6.49. The number of nitrogens with one attached hydrogen (secondary N) is 1. The van der Waals surface area contributed by atoms with Gasteiger partial charge in [-0.25, -0.2) is 9.97 Å². The van der Waals surface area contributed by atoms with Gasteiger partial charge in [-0.15, -0.1) is 0 Å². The molecule has 0 amide bonds. The van der Waals surface area contributed by atoms with E-state index in [4.69, 9.17) is 5.10 Å². The Morgan fingerprint density at radius 1 is 1.09 bits per heavy atom. The van der Waals surface area contributed by atoms with Crippen LogP contribution >= 0.6 is 0 Å². The van der Waals surface area contributed by atoms with Gasteiger partial charge < -0.3 is 10.1 Å². The van der Waals surface area contributed by atoms with Crippen LogP contribution in [0.1, 0.15) is 63.8 Å². The van der Waals surface area contributed by atoms with Crippen LogP contribution in [-0.2, 0) is 11.8 Å². The average molecular weight is 484 g/mol. The van der Waals surface area contributed by atoms with Crippen molar-refractivity contribution in [2.75, 3.05) is 0 Å². The summed E-state index contributed by atoms with van der Waals surface area (Å²) < 4.78 is 41.4. The van der Waals surface area contributed by atoms with E-state index >= 15 is 0 Å². The SMILES string of the molecule is CC1CCC(n2cc3cc(-c4ncc(-c5cccc(C(F)(F)F)n5)[nH]4)c(C(C)(C)O)cc3n2)CC1. The highest BCUT2D eigenvalue weighted by atomic mass is 19.4. The number of aromatic nitrogens is 5. The molecule has 9 heteroatoms. The van der Waals surface area contributed by atoms with E-state index in [0.717, 1.165) is 35.7 Å². The minimum atomic E-state index is -4.53. The van der Waals surface area contributed by atoms with Crippen molar-refractivity contribution in [3.63, 3.8) is 0 Å². The molecule has 1 saturated carbocycles. The lowest BCUT2D eigenvalue weighted by molar-refractivity contribution is -0.141. The summed E-state index contributed by atoms with van der Waals surface area (Å²) in [6.45, 7) is 5.66. The van der Waals surface area contributed by atoms with Crippen molar-refractivity contribution < 1.29 is 18.3 Å². The fourth-order valence-corrected chi connectivity index (χ4v) is 4.82. The first-order valence-electron chi connectivity index (χ1n) is 11.8. The Bertz CT molecular complexity index is 1360. The van der Waals surface area contributed by atoms with Gasteiger partial charge in [0.1, 0.15) is 11.5 Å². The van der Waals surface area contributed by atoms with Gasteiger partial charge >= 0.3 is 6.18 Å². The molecular weight excluding hydrogens is 455 g/mol. The molecule has 2 N–H and O–H groups in total. The molecule has 0 atom stereocenters. The van der Waals surface area contributed by atoms with Crippen LogP contribution in [0.25, 0.3) is 33.7 Å². The van der Waals surface area contributed by atoms with E-state index in [9.17, 15) is 18.3 Å².